The molecule has 0 spiro atoms. The number of nitrogens with one attached hydrogen (secondary N) is 1. The van der Waals surface area contributed by atoms with E-state index in [-0.39, 0.29) is 5.56 Å². The summed E-state index contributed by atoms with van der Waals surface area (Å²) in [4.78, 5) is 0. The first-order chi connectivity index (χ1) is 7.89. The number of hydrogen-bond donors (Lipinski definition) is 1. The molecule has 0 aliphatic carbocycles. The van der Waals surface area contributed by atoms with E-state index >= 15 is 0 Å². The second kappa shape index (κ2) is 3.91. The summed E-state index contributed by atoms with van der Waals surface area (Å²) in [7, 11) is 0. The maximum absolute atomic E-state index is 12.7. The van der Waals surface area contributed by atoms with Gasteiger partial charge in [-0.2, -0.15) is 18.3 Å². The van der Waals surface area contributed by atoms with Crippen LogP contribution < -0.4 is 0 Å². The van der Waals surface area contributed by atoms with Crippen LogP contribution in [0.3, 0.4) is 0 Å². The van der Waals surface area contributed by atoms with Crippen LogP contribution in [0.4, 0.5) is 13.2 Å². The van der Waals surface area contributed by atoms with Crippen LogP contribution in [0.15, 0.2) is 24.4 Å². The Kier molecular flexibility index (Phi) is 2.69. The Labute approximate surface area is 96.5 Å². The number of aromatic nitrogens is 2. The van der Waals surface area contributed by atoms with Gasteiger partial charge in [0.05, 0.1) is 0 Å². The second-order valence-corrected chi connectivity index (χ2v) is 3.96. The molecule has 1 aromatic carbocycles. The van der Waals surface area contributed by atoms with E-state index in [9.17, 15) is 13.2 Å². The smallest absolute Gasteiger partial charge is 0.284 e. The van der Waals surface area contributed by atoms with Gasteiger partial charge in [-0.25, -0.2) is 0 Å². The lowest BCUT2D eigenvalue weighted by atomic mass is 9.99. The lowest BCUT2D eigenvalue weighted by Crippen LogP contribution is -2.07. The quantitative estimate of drug-likeness (QED) is 0.808. The minimum atomic E-state index is -4.44. The predicted molar refractivity (Wildman–Crippen MR) is 58.5 cm³/mol. The largest absolute Gasteiger partial charge is 0.435 e. The standard InChI is InChI=1S/C12H11F3N2/c1-7-3-4-9(8(2)5-7)10-6-16-17-11(10)12(13,14)15/h3-6H,1-2H3,(H,16,17). The maximum atomic E-state index is 12.7. The van der Waals surface area contributed by atoms with Crippen LogP contribution in [-0.2, 0) is 6.18 Å². The fourth-order valence-corrected chi connectivity index (χ4v) is 1.83. The average Bonchev–Trinajstić information content (AvgIpc) is 2.65. The van der Waals surface area contributed by atoms with Gasteiger partial charge in [-0.05, 0) is 25.0 Å². The molecule has 0 atom stereocenters. The van der Waals surface area contributed by atoms with Crippen LogP contribution >= 0.6 is 0 Å². The molecule has 0 radical (unpaired) electrons. The minimum Gasteiger partial charge on any atom is -0.284 e. The normalized spacial score (nSPS) is 11.8. The number of hydrogen-bond acceptors (Lipinski definition) is 1. The molecule has 1 N–H and O–H groups in total. The molecular formula is C12H11F3N2. The maximum Gasteiger partial charge on any atom is 0.435 e. The molecule has 0 amide bonds. The van der Waals surface area contributed by atoms with Crippen LogP contribution in [0.1, 0.15) is 16.8 Å². The molecule has 0 aliphatic rings. The second-order valence-electron chi connectivity index (χ2n) is 3.96. The summed E-state index contributed by atoms with van der Waals surface area (Å²) in [6.45, 7) is 3.69. The van der Waals surface area contributed by atoms with Crippen LogP contribution in [-0.4, -0.2) is 10.2 Å². The molecule has 1 heterocycles. The fraction of sp³-hybridized carbons (Fsp3) is 0.250. The molecule has 1 aromatic heterocycles. The lowest BCUT2D eigenvalue weighted by molar-refractivity contribution is -0.140. The molecule has 0 saturated heterocycles. The number of halogens is 3. The number of aryl methyl sites for hydroxylation is 2. The van der Waals surface area contributed by atoms with Crippen LogP contribution in [0, 0.1) is 13.8 Å². The zero-order valence-corrected chi connectivity index (χ0v) is 9.39. The molecule has 2 rings (SSSR count). The summed E-state index contributed by atoms with van der Waals surface area (Å²) in [6.07, 6.45) is -3.16. The Morgan fingerprint density at radius 2 is 1.82 bits per heavy atom. The SMILES string of the molecule is Cc1ccc(-c2c[nH]nc2C(F)(F)F)c(C)c1. The molecule has 5 heteroatoms. The predicted octanol–water partition coefficient (Wildman–Crippen LogP) is 3.71. The zero-order valence-electron chi connectivity index (χ0n) is 9.39. The highest BCUT2D eigenvalue weighted by Gasteiger charge is 2.36. The fourth-order valence-electron chi connectivity index (χ4n) is 1.83. The average molecular weight is 240 g/mol. The van der Waals surface area contributed by atoms with Crippen molar-refractivity contribution in [3.8, 4) is 11.1 Å². The van der Waals surface area contributed by atoms with Gasteiger partial charge in [0.25, 0.3) is 0 Å². The van der Waals surface area contributed by atoms with Gasteiger partial charge in [0.15, 0.2) is 5.69 Å². The Hall–Kier alpha value is -1.78. The third-order valence-electron chi connectivity index (χ3n) is 2.58. The number of benzene rings is 1. The van der Waals surface area contributed by atoms with E-state index in [4.69, 9.17) is 0 Å². The van der Waals surface area contributed by atoms with E-state index in [1.807, 2.05) is 13.0 Å². The molecule has 17 heavy (non-hydrogen) atoms. The molecule has 2 aromatic rings. The molecule has 0 aliphatic heterocycles. The molecule has 0 bridgehead atoms. The third-order valence-corrected chi connectivity index (χ3v) is 2.58. The summed E-state index contributed by atoms with van der Waals surface area (Å²) < 4.78 is 38.1. The van der Waals surface area contributed by atoms with E-state index in [0.29, 0.717) is 5.56 Å². The zero-order chi connectivity index (χ0) is 12.6. The van der Waals surface area contributed by atoms with Crippen molar-refractivity contribution in [3.63, 3.8) is 0 Å². The number of rotatable bonds is 1. The number of aromatic amines is 1. The van der Waals surface area contributed by atoms with Gasteiger partial charge in [-0.15, -0.1) is 0 Å². The third kappa shape index (κ3) is 2.18. The van der Waals surface area contributed by atoms with Crippen molar-refractivity contribution < 1.29 is 13.2 Å². The molecule has 0 saturated carbocycles. The first-order valence-electron chi connectivity index (χ1n) is 5.08. The molecule has 0 unspecified atom stereocenters. The van der Waals surface area contributed by atoms with Crippen molar-refractivity contribution in [2.75, 3.05) is 0 Å². The van der Waals surface area contributed by atoms with Gasteiger partial charge in [-0.1, -0.05) is 23.8 Å². The lowest BCUT2D eigenvalue weighted by Gasteiger charge is -2.09. The van der Waals surface area contributed by atoms with Crippen molar-refractivity contribution in [3.05, 3.63) is 41.2 Å². The first-order valence-corrected chi connectivity index (χ1v) is 5.08. The van der Waals surface area contributed by atoms with E-state index in [1.165, 1.54) is 6.20 Å². The Balaban J connectivity index is 2.58. The molecule has 90 valence electrons. The number of alkyl halides is 3. The topological polar surface area (TPSA) is 28.7 Å². The van der Waals surface area contributed by atoms with E-state index in [2.05, 4.69) is 10.2 Å². The Morgan fingerprint density at radius 1 is 1.12 bits per heavy atom. The van der Waals surface area contributed by atoms with Gasteiger partial charge >= 0.3 is 6.18 Å². The van der Waals surface area contributed by atoms with Crippen LogP contribution in [0.2, 0.25) is 0 Å². The van der Waals surface area contributed by atoms with Crippen molar-refractivity contribution in [1.29, 1.82) is 0 Å². The van der Waals surface area contributed by atoms with Gasteiger partial charge in [0.1, 0.15) is 0 Å². The van der Waals surface area contributed by atoms with Crippen LogP contribution in [0.5, 0.6) is 0 Å². The van der Waals surface area contributed by atoms with Gasteiger partial charge < -0.3 is 0 Å². The van der Waals surface area contributed by atoms with Gasteiger partial charge in [0, 0.05) is 11.8 Å². The monoisotopic (exact) mass is 240 g/mol. The first kappa shape index (κ1) is 11.7. The summed E-state index contributed by atoms with van der Waals surface area (Å²) in [6, 6.07) is 5.32. The van der Waals surface area contributed by atoms with E-state index in [0.717, 1.165) is 11.1 Å². The molecule has 0 fully saturated rings. The minimum absolute atomic E-state index is 0.0926. The van der Waals surface area contributed by atoms with E-state index in [1.54, 1.807) is 19.1 Å². The summed E-state index contributed by atoms with van der Waals surface area (Å²) >= 11 is 0. The number of H-pyrrole nitrogens is 1. The van der Waals surface area contributed by atoms with E-state index < -0.39 is 11.9 Å². The highest BCUT2D eigenvalue weighted by molar-refractivity contribution is 5.69. The summed E-state index contributed by atoms with van der Waals surface area (Å²) in [5.41, 5.74) is 1.59. The van der Waals surface area contributed by atoms with Crippen molar-refractivity contribution in [2.45, 2.75) is 20.0 Å². The highest BCUT2D eigenvalue weighted by atomic mass is 19.4. The Bertz CT molecular complexity index is 541. The van der Waals surface area contributed by atoms with Crippen molar-refractivity contribution in [2.24, 2.45) is 0 Å². The van der Waals surface area contributed by atoms with Gasteiger partial charge in [-0.3, -0.25) is 5.10 Å². The highest BCUT2D eigenvalue weighted by Crippen LogP contribution is 2.36. The van der Waals surface area contributed by atoms with Crippen molar-refractivity contribution >= 4 is 0 Å². The summed E-state index contributed by atoms with van der Waals surface area (Å²) in [5, 5.41) is 5.55. The van der Waals surface area contributed by atoms with Crippen LogP contribution in [0.25, 0.3) is 11.1 Å². The van der Waals surface area contributed by atoms with Crippen molar-refractivity contribution in [1.82, 2.24) is 10.2 Å². The molecular weight excluding hydrogens is 229 g/mol. The Morgan fingerprint density at radius 3 is 2.41 bits per heavy atom. The summed E-state index contributed by atoms with van der Waals surface area (Å²) in [5.74, 6) is 0. The number of nitrogens with zero attached hydrogens (tertiary/aromatic N) is 1. The molecule has 2 nitrogen and oxygen atoms in total. The van der Waals surface area contributed by atoms with Gasteiger partial charge in [0.2, 0.25) is 0 Å².